The first-order valence-corrected chi connectivity index (χ1v) is 11.7. The molecule has 9 heteroatoms. The summed E-state index contributed by atoms with van der Waals surface area (Å²) < 4.78 is 64.2. The second kappa shape index (κ2) is 11.4. The molecule has 0 amide bonds. The molecule has 34 heavy (non-hydrogen) atoms. The van der Waals surface area contributed by atoms with Crippen molar-refractivity contribution < 1.29 is 32.0 Å². The molecule has 180 valence electrons. The smallest absolute Gasteiger partial charge is 0.573 e. The van der Waals surface area contributed by atoms with Crippen LogP contribution in [0, 0.1) is 6.92 Å². The third kappa shape index (κ3) is 7.24. The van der Waals surface area contributed by atoms with Crippen molar-refractivity contribution in [1.82, 2.24) is 4.72 Å². The molecular weight excluding hydrogens is 467 g/mol. The third-order valence-corrected chi connectivity index (χ3v) is 6.08. The van der Waals surface area contributed by atoms with E-state index in [4.69, 9.17) is 4.74 Å². The van der Waals surface area contributed by atoms with Gasteiger partial charge in [-0.15, -0.1) is 17.9 Å². The summed E-state index contributed by atoms with van der Waals surface area (Å²) in [6.07, 6.45) is -5.04. The van der Waals surface area contributed by atoms with Crippen LogP contribution in [0.1, 0.15) is 30.5 Å². The average Bonchev–Trinajstić information content (AvgIpc) is 2.79. The van der Waals surface area contributed by atoms with Gasteiger partial charge in [-0.25, -0.2) is 0 Å². The number of carbonyl (C=O) groups excluding carboxylic acids is 1. The second-order valence-corrected chi connectivity index (χ2v) is 8.68. The quantitative estimate of drug-likeness (QED) is 0.300. The van der Waals surface area contributed by atoms with Crippen LogP contribution in [0.15, 0.2) is 77.7 Å². The first-order valence-electron chi connectivity index (χ1n) is 10.5. The van der Waals surface area contributed by atoms with Crippen LogP contribution in [0.25, 0.3) is 11.1 Å². The number of carbonyl (C=O) groups is 1. The van der Waals surface area contributed by atoms with Crippen LogP contribution in [0.5, 0.6) is 5.75 Å². The van der Waals surface area contributed by atoms with Gasteiger partial charge in [-0.2, -0.15) is 0 Å². The molecule has 3 aromatic rings. The number of benzene rings is 3. The molecule has 0 bridgehead atoms. The first kappa shape index (κ1) is 25.6. The molecule has 0 fully saturated rings. The molecule has 1 unspecified atom stereocenters. The Labute approximate surface area is 199 Å². The van der Waals surface area contributed by atoms with E-state index in [0.29, 0.717) is 16.0 Å². The zero-order chi connectivity index (χ0) is 24.7. The van der Waals surface area contributed by atoms with Gasteiger partial charge < -0.3 is 14.0 Å². The molecule has 3 aromatic carbocycles. The van der Waals surface area contributed by atoms with Gasteiger partial charge in [0.1, 0.15) is 5.75 Å². The van der Waals surface area contributed by atoms with Crippen molar-refractivity contribution in [3.8, 4) is 16.9 Å². The normalized spacial score (nSPS) is 13.2. The summed E-state index contributed by atoms with van der Waals surface area (Å²) in [6.45, 7) is 3.74. The molecule has 5 nitrogen and oxygen atoms in total. The number of alkyl halides is 3. The molecule has 0 saturated heterocycles. The van der Waals surface area contributed by atoms with Crippen molar-refractivity contribution in [2.24, 2.45) is 0 Å². The van der Waals surface area contributed by atoms with Crippen molar-refractivity contribution in [2.45, 2.75) is 37.6 Å². The Balaban J connectivity index is 1.99. The van der Waals surface area contributed by atoms with E-state index < -0.39 is 29.7 Å². The van der Waals surface area contributed by atoms with Crippen molar-refractivity contribution in [1.29, 1.82) is 0 Å². The van der Waals surface area contributed by atoms with Crippen molar-refractivity contribution in [3.63, 3.8) is 0 Å². The fourth-order valence-electron chi connectivity index (χ4n) is 3.29. The van der Waals surface area contributed by atoms with Gasteiger partial charge in [0.15, 0.2) is 4.90 Å². The summed E-state index contributed by atoms with van der Waals surface area (Å²) in [6, 6.07) is 18.8. The highest BCUT2D eigenvalue weighted by Crippen LogP contribution is 2.36. The Morgan fingerprint density at radius 3 is 2.35 bits per heavy atom. The number of aryl methyl sites for hydroxylation is 1. The van der Waals surface area contributed by atoms with Crippen molar-refractivity contribution >= 4 is 17.3 Å². The van der Waals surface area contributed by atoms with Crippen molar-refractivity contribution in [2.75, 3.05) is 6.61 Å². The Kier molecular flexibility index (Phi) is 8.60. The lowest BCUT2D eigenvalue weighted by Gasteiger charge is -2.22. The third-order valence-electron chi connectivity index (χ3n) is 4.88. The maximum Gasteiger partial charge on any atom is 0.573 e. The largest absolute Gasteiger partial charge is 0.593 e. The zero-order valence-electron chi connectivity index (χ0n) is 18.6. The van der Waals surface area contributed by atoms with Crippen LogP contribution in [-0.4, -0.2) is 23.5 Å². The molecule has 0 heterocycles. The molecule has 0 aliphatic rings. The molecule has 0 aliphatic carbocycles. The SMILES string of the molecule is CCOC(=O)C[C@H](N[S+]([O-])c1ccc(C)cc1)c1ccc(OC(F)(F)F)c(-c2ccccc2)c1. The molecular formula is C25H24F3NO4S. The summed E-state index contributed by atoms with van der Waals surface area (Å²) >= 11 is -1.68. The highest BCUT2D eigenvalue weighted by atomic mass is 32.2. The number of nitrogens with one attached hydrogen (secondary N) is 1. The number of halogens is 3. The van der Waals surface area contributed by atoms with Crippen molar-refractivity contribution in [3.05, 3.63) is 83.9 Å². The predicted octanol–water partition coefficient (Wildman–Crippen LogP) is 5.87. The lowest BCUT2D eigenvalue weighted by molar-refractivity contribution is -0.274. The van der Waals surface area contributed by atoms with Gasteiger partial charge in [0.25, 0.3) is 0 Å². The Morgan fingerprint density at radius 1 is 1.06 bits per heavy atom. The topological polar surface area (TPSA) is 70.6 Å². The molecule has 3 rings (SSSR count). The maximum atomic E-state index is 13.0. The standard InChI is InChI=1S/C25H24F3NO4S/c1-3-32-24(30)16-22(29-34(31)20-12-9-17(2)10-13-20)19-11-14-23(33-25(26,27)28)21(15-19)18-7-5-4-6-8-18/h4-15,22,29H,3,16H2,1-2H3/t22-,34?/m0/s1. The Morgan fingerprint density at radius 2 is 1.74 bits per heavy atom. The fraction of sp³-hybridized carbons (Fsp3) is 0.240. The molecule has 0 spiro atoms. The first-order chi connectivity index (χ1) is 16.2. The minimum atomic E-state index is -4.87. The molecule has 0 aromatic heterocycles. The lowest BCUT2D eigenvalue weighted by atomic mass is 9.97. The average molecular weight is 492 g/mol. The Bertz CT molecular complexity index is 1090. The summed E-state index contributed by atoms with van der Waals surface area (Å²) in [4.78, 5) is 12.8. The predicted molar refractivity (Wildman–Crippen MR) is 123 cm³/mol. The summed E-state index contributed by atoms with van der Waals surface area (Å²) in [5.74, 6) is -0.908. The maximum absolute atomic E-state index is 13.0. The lowest BCUT2D eigenvalue weighted by Crippen LogP contribution is -2.31. The van der Waals surface area contributed by atoms with Gasteiger partial charge in [-0.1, -0.05) is 54.1 Å². The van der Waals surface area contributed by atoms with Gasteiger partial charge in [0.05, 0.1) is 30.4 Å². The summed E-state index contributed by atoms with van der Waals surface area (Å²) in [5.41, 5.74) is 2.14. The van der Waals surface area contributed by atoms with E-state index in [1.54, 1.807) is 49.4 Å². The van der Waals surface area contributed by atoms with Gasteiger partial charge in [0.2, 0.25) is 0 Å². The van der Waals surface area contributed by atoms with Crippen LogP contribution in [0.4, 0.5) is 13.2 Å². The van der Waals surface area contributed by atoms with Gasteiger partial charge in [-0.3, -0.25) is 4.79 Å². The minimum Gasteiger partial charge on any atom is -0.593 e. The van der Waals surface area contributed by atoms with Crippen LogP contribution in [0.2, 0.25) is 0 Å². The van der Waals surface area contributed by atoms with Crippen LogP contribution >= 0.6 is 0 Å². The molecule has 0 aliphatic heterocycles. The number of hydrogen-bond acceptors (Lipinski definition) is 5. The molecule has 1 N–H and O–H groups in total. The number of ether oxygens (including phenoxy) is 2. The minimum absolute atomic E-state index is 0.167. The highest BCUT2D eigenvalue weighted by Gasteiger charge is 2.33. The highest BCUT2D eigenvalue weighted by molar-refractivity contribution is 7.89. The van der Waals surface area contributed by atoms with E-state index in [1.165, 1.54) is 18.2 Å². The van der Waals surface area contributed by atoms with Gasteiger partial charge in [0, 0.05) is 5.56 Å². The van der Waals surface area contributed by atoms with Gasteiger partial charge >= 0.3 is 12.3 Å². The summed E-state index contributed by atoms with van der Waals surface area (Å²) in [5, 5.41) is 0. The van der Waals surface area contributed by atoms with E-state index in [1.807, 2.05) is 19.1 Å². The van der Waals surface area contributed by atoms with Crippen LogP contribution < -0.4 is 9.46 Å². The van der Waals surface area contributed by atoms with Crippen LogP contribution in [0.3, 0.4) is 0 Å². The van der Waals surface area contributed by atoms with Crippen LogP contribution in [-0.2, 0) is 20.9 Å². The zero-order valence-corrected chi connectivity index (χ0v) is 19.4. The number of esters is 1. The Hall–Kier alpha value is -3.01. The molecule has 0 radical (unpaired) electrons. The van der Waals surface area contributed by atoms with E-state index >= 15 is 0 Å². The fourth-order valence-corrected chi connectivity index (χ4v) is 4.29. The second-order valence-electron chi connectivity index (χ2n) is 7.43. The molecule has 0 saturated carbocycles. The van der Waals surface area contributed by atoms with Gasteiger partial charge in [-0.05, 0) is 49.2 Å². The monoisotopic (exact) mass is 491 g/mol. The van der Waals surface area contributed by atoms with E-state index in [2.05, 4.69) is 9.46 Å². The van der Waals surface area contributed by atoms with E-state index in [0.717, 1.165) is 5.56 Å². The number of hydrogen-bond donors (Lipinski definition) is 1. The van der Waals surface area contributed by atoms with E-state index in [-0.39, 0.29) is 24.3 Å². The van der Waals surface area contributed by atoms with E-state index in [9.17, 15) is 22.5 Å². The molecule has 2 atom stereocenters. The summed E-state index contributed by atoms with van der Waals surface area (Å²) in [7, 11) is 0. The number of rotatable bonds is 9.